The van der Waals surface area contributed by atoms with Crippen molar-refractivity contribution in [2.24, 2.45) is 5.73 Å². The number of morpholine rings is 1. The Morgan fingerprint density at radius 2 is 2.05 bits per heavy atom. The monoisotopic (exact) mass is 264 g/mol. The number of phenols is 1. The molecular weight excluding hydrogens is 240 g/mol. The highest BCUT2D eigenvalue weighted by Crippen LogP contribution is 2.24. The lowest BCUT2D eigenvalue weighted by atomic mass is 10.0. The van der Waals surface area contributed by atoms with Gasteiger partial charge in [0, 0.05) is 25.7 Å². The number of nitrogens with two attached hydrogens (primary N) is 1. The summed E-state index contributed by atoms with van der Waals surface area (Å²) in [5, 5.41) is 9.80. The van der Waals surface area contributed by atoms with E-state index in [1.807, 2.05) is 20.8 Å². The molecule has 0 radical (unpaired) electrons. The minimum atomic E-state index is 0.0612. The van der Waals surface area contributed by atoms with Gasteiger partial charge < -0.3 is 15.6 Å². The van der Waals surface area contributed by atoms with Crippen LogP contribution in [0.4, 0.5) is 0 Å². The molecule has 0 aromatic heterocycles. The SMILES string of the molecule is Cc1cc(CN2CCOC(C(C)N)C2)cc(C)c1O. The zero-order valence-corrected chi connectivity index (χ0v) is 12.0. The second-order valence-corrected chi connectivity index (χ2v) is 5.58. The number of nitrogens with zero attached hydrogens (tertiary/aromatic N) is 1. The highest BCUT2D eigenvalue weighted by Gasteiger charge is 2.23. The van der Waals surface area contributed by atoms with E-state index in [1.165, 1.54) is 5.56 Å². The Balaban J connectivity index is 2.05. The van der Waals surface area contributed by atoms with Gasteiger partial charge >= 0.3 is 0 Å². The Labute approximate surface area is 115 Å². The maximum Gasteiger partial charge on any atom is 0.121 e. The second-order valence-electron chi connectivity index (χ2n) is 5.58. The molecule has 0 aliphatic carbocycles. The summed E-state index contributed by atoms with van der Waals surface area (Å²) < 4.78 is 5.67. The van der Waals surface area contributed by atoms with Gasteiger partial charge in [0.1, 0.15) is 5.75 Å². The molecule has 1 fully saturated rings. The van der Waals surface area contributed by atoms with E-state index in [9.17, 15) is 5.11 Å². The molecule has 2 unspecified atom stereocenters. The normalized spacial score (nSPS) is 22.4. The van der Waals surface area contributed by atoms with Crippen LogP contribution >= 0.6 is 0 Å². The molecule has 1 aliphatic heterocycles. The average Bonchev–Trinajstić information content (AvgIpc) is 2.36. The zero-order valence-electron chi connectivity index (χ0n) is 12.0. The van der Waals surface area contributed by atoms with Crippen LogP contribution in [0.3, 0.4) is 0 Å². The van der Waals surface area contributed by atoms with Crippen LogP contribution in [0.1, 0.15) is 23.6 Å². The van der Waals surface area contributed by atoms with E-state index in [1.54, 1.807) is 0 Å². The van der Waals surface area contributed by atoms with E-state index in [0.29, 0.717) is 5.75 Å². The first-order valence-electron chi connectivity index (χ1n) is 6.86. The molecule has 2 atom stereocenters. The lowest BCUT2D eigenvalue weighted by Gasteiger charge is -2.34. The molecule has 4 heteroatoms. The van der Waals surface area contributed by atoms with Gasteiger partial charge in [-0.25, -0.2) is 0 Å². The summed E-state index contributed by atoms with van der Waals surface area (Å²) in [7, 11) is 0. The molecule has 19 heavy (non-hydrogen) atoms. The summed E-state index contributed by atoms with van der Waals surface area (Å²) in [5.41, 5.74) is 9.01. The predicted molar refractivity (Wildman–Crippen MR) is 76.2 cm³/mol. The molecule has 0 saturated carbocycles. The number of benzene rings is 1. The third-order valence-electron chi connectivity index (χ3n) is 3.72. The minimum absolute atomic E-state index is 0.0612. The number of hydrogen-bond acceptors (Lipinski definition) is 4. The Morgan fingerprint density at radius 1 is 1.42 bits per heavy atom. The van der Waals surface area contributed by atoms with E-state index in [2.05, 4.69) is 17.0 Å². The van der Waals surface area contributed by atoms with Gasteiger partial charge in [0.15, 0.2) is 0 Å². The molecule has 1 heterocycles. The Morgan fingerprint density at radius 3 is 2.63 bits per heavy atom. The highest BCUT2D eigenvalue weighted by atomic mass is 16.5. The van der Waals surface area contributed by atoms with Gasteiger partial charge in [0.05, 0.1) is 12.7 Å². The molecule has 4 nitrogen and oxygen atoms in total. The summed E-state index contributed by atoms with van der Waals surface area (Å²) >= 11 is 0. The number of hydrogen-bond donors (Lipinski definition) is 2. The molecular formula is C15H24N2O2. The van der Waals surface area contributed by atoms with Crippen molar-refractivity contribution in [3.05, 3.63) is 28.8 Å². The lowest BCUT2D eigenvalue weighted by Crippen LogP contribution is -2.49. The van der Waals surface area contributed by atoms with Crippen molar-refractivity contribution < 1.29 is 9.84 Å². The smallest absolute Gasteiger partial charge is 0.121 e. The first-order valence-corrected chi connectivity index (χ1v) is 6.86. The first kappa shape index (κ1) is 14.3. The largest absolute Gasteiger partial charge is 0.507 e. The maximum atomic E-state index is 9.80. The minimum Gasteiger partial charge on any atom is -0.507 e. The zero-order chi connectivity index (χ0) is 14.0. The number of aryl methyl sites for hydroxylation is 2. The van der Waals surface area contributed by atoms with Gasteiger partial charge in [0.25, 0.3) is 0 Å². The third-order valence-corrected chi connectivity index (χ3v) is 3.72. The maximum absolute atomic E-state index is 9.80. The van der Waals surface area contributed by atoms with Crippen molar-refractivity contribution in [1.29, 1.82) is 0 Å². The van der Waals surface area contributed by atoms with Crippen LogP contribution in [0.15, 0.2) is 12.1 Å². The molecule has 3 N–H and O–H groups in total. The molecule has 2 rings (SSSR count). The van der Waals surface area contributed by atoms with Gasteiger partial charge in [-0.3, -0.25) is 4.90 Å². The van der Waals surface area contributed by atoms with Crippen LogP contribution in [-0.4, -0.2) is 41.8 Å². The molecule has 1 aromatic rings. The lowest BCUT2D eigenvalue weighted by molar-refractivity contribution is -0.0403. The van der Waals surface area contributed by atoms with E-state index in [0.717, 1.165) is 37.4 Å². The topological polar surface area (TPSA) is 58.7 Å². The fourth-order valence-electron chi connectivity index (χ4n) is 2.59. The summed E-state index contributed by atoms with van der Waals surface area (Å²) in [6.07, 6.45) is 0.119. The van der Waals surface area contributed by atoms with Crippen LogP contribution in [0.2, 0.25) is 0 Å². The predicted octanol–water partition coefficient (Wildman–Crippen LogP) is 1.56. The molecule has 1 saturated heterocycles. The van der Waals surface area contributed by atoms with Crippen LogP contribution in [0.5, 0.6) is 5.75 Å². The van der Waals surface area contributed by atoms with E-state index in [4.69, 9.17) is 10.5 Å². The number of ether oxygens (including phenoxy) is 1. The van der Waals surface area contributed by atoms with Crippen molar-refractivity contribution in [2.75, 3.05) is 19.7 Å². The van der Waals surface area contributed by atoms with Crippen molar-refractivity contribution in [2.45, 2.75) is 39.5 Å². The third kappa shape index (κ3) is 3.47. The van der Waals surface area contributed by atoms with E-state index < -0.39 is 0 Å². The van der Waals surface area contributed by atoms with Crippen LogP contribution in [-0.2, 0) is 11.3 Å². The number of phenolic OH excluding ortho intramolecular Hbond substituents is 1. The summed E-state index contributed by atoms with van der Waals surface area (Å²) in [6, 6.07) is 4.17. The molecule has 0 spiro atoms. The molecule has 1 aromatic carbocycles. The van der Waals surface area contributed by atoms with Crippen LogP contribution < -0.4 is 5.73 Å². The standard InChI is InChI=1S/C15H24N2O2/c1-10-6-13(7-11(2)15(10)18)8-17-4-5-19-14(9-17)12(3)16/h6-7,12,14,18H,4-5,8-9,16H2,1-3H3. The average molecular weight is 264 g/mol. The fraction of sp³-hybridized carbons (Fsp3) is 0.600. The van der Waals surface area contributed by atoms with Gasteiger partial charge in [-0.15, -0.1) is 0 Å². The number of aromatic hydroxyl groups is 1. The van der Waals surface area contributed by atoms with Crippen molar-refractivity contribution in [3.8, 4) is 5.75 Å². The van der Waals surface area contributed by atoms with Crippen molar-refractivity contribution in [1.82, 2.24) is 4.90 Å². The van der Waals surface area contributed by atoms with Crippen LogP contribution in [0.25, 0.3) is 0 Å². The van der Waals surface area contributed by atoms with Gasteiger partial charge in [-0.1, -0.05) is 12.1 Å². The molecule has 1 aliphatic rings. The highest BCUT2D eigenvalue weighted by molar-refractivity contribution is 5.42. The van der Waals surface area contributed by atoms with Gasteiger partial charge in [-0.2, -0.15) is 0 Å². The van der Waals surface area contributed by atoms with E-state index >= 15 is 0 Å². The molecule has 0 bridgehead atoms. The Kier molecular flexibility index (Phi) is 4.45. The van der Waals surface area contributed by atoms with Gasteiger partial charge in [0.2, 0.25) is 0 Å². The number of rotatable bonds is 3. The Hall–Kier alpha value is -1.10. The second kappa shape index (κ2) is 5.90. The Bertz CT molecular complexity index is 423. The first-order chi connectivity index (χ1) is 8.97. The summed E-state index contributed by atoms with van der Waals surface area (Å²) in [4.78, 5) is 2.36. The van der Waals surface area contributed by atoms with Crippen molar-refractivity contribution in [3.63, 3.8) is 0 Å². The van der Waals surface area contributed by atoms with Crippen LogP contribution in [0, 0.1) is 13.8 Å². The van der Waals surface area contributed by atoms with Crippen molar-refractivity contribution >= 4 is 0 Å². The molecule has 0 amide bonds. The quantitative estimate of drug-likeness (QED) is 0.870. The summed E-state index contributed by atoms with van der Waals surface area (Å²) in [5.74, 6) is 0.402. The fourth-order valence-corrected chi connectivity index (χ4v) is 2.59. The van der Waals surface area contributed by atoms with E-state index in [-0.39, 0.29) is 12.1 Å². The van der Waals surface area contributed by atoms with Gasteiger partial charge in [-0.05, 0) is 37.5 Å². The summed E-state index contributed by atoms with van der Waals surface area (Å²) in [6.45, 7) is 9.30. The molecule has 106 valence electrons.